The van der Waals surface area contributed by atoms with Gasteiger partial charge in [-0.3, -0.25) is 0 Å². The molecule has 2 aliphatic rings. The van der Waals surface area contributed by atoms with E-state index >= 15 is 0 Å². The summed E-state index contributed by atoms with van der Waals surface area (Å²) in [6.07, 6.45) is -5.20. The minimum absolute atomic E-state index is 0.203. The first-order chi connectivity index (χ1) is 13.5. The van der Waals surface area contributed by atoms with Gasteiger partial charge in [-0.2, -0.15) is 0 Å². The maximum atomic E-state index is 10.4. The van der Waals surface area contributed by atoms with E-state index in [0.29, 0.717) is 28.5 Å². The van der Waals surface area contributed by atoms with E-state index in [1.165, 1.54) is 0 Å². The minimum atomic E-state index is -1.31. The molecular weight excluding hydrogens is 388 g/mol. The van der Waals surface area contributed by atoms with E-state index in [2.05, 4.69) is 0 Å². The fourth-order valence-corrected chi connectivity index (χ4v) is 3.76. The van der Waals surface area contributed by atoms with Crippen LogP contribution in [0.5, 0.6) is 11.5 Å². The van der Waals surface area contributed by atoms with Crippen molar-refractivity contribution in [3.8, 4) is 11.5 Å². The van der Waals surface area contributed by atoms with Gasteiger partial charge in [0.15, 0.2) is 11.5 Å². The fraction of sp³-hybridized carbons (Fsp3) is 0.400. The molecule has 2 aliphatic heterocycles. The molecule has 0 unspecified atom stereocenters. The average Bonchev–Trinajstić information content (AvgIpc) is 3.28. The Hall–Kier alpha value is -1.87. The molecule has 0 amide bonds. The van der Waals surface area contributed by atoms with E-state index in [-0.39, 0.29) is 6.79 Å². The van der Waals surface area contributed by atoms with Gasteiger partial charge in [0.1, 0.15) is 30.5 Å². The van der Waals surface area contributed by atoms with Crippen molar-refractivity contribution in [2.75, 3.05) is 13.4 Å². The molecule has 5 atom stereocenters. The first-order valence-corrected chi connectivity index (χ1v) is 9.33. The second-order valence-electron chi connectivity index (χ2n) is 6.97. The molecule has 150 valence electrons. The van der Waals surface area contributed by atoms with Gasteiger partial charge in [-0.1, -0.05) is 29.8 Å². The number of rotatable bonds is 5. The molecule has 0 aromatic heterocycles. The van der Waals surface area contributed by atoms with E-state index in [4.69, 9.17) is 30.9 Å². The Balaban J connectivity index is 1.57. The Morgan fingerprint density at radius 1 is 1.04 bits per heavy atom. The Kier molecular flexibility index (Phi) is 5.46. The third-order valence-corrected chi connectivity index (χ3v) is 5.47. The predicted molar refractivity (Wildman–Crippen MR) is 99.5 cm³/mol. The van der Waals surface area contributed by atoms with Crippen LogP contribution in [0.2, 0.25) is 5.02 Å². The summed E-state index contributed by atoms with van der Waals surface area (Å²) in [6.45, 7) is -0.369. The van der Waals surface area contributed by atoms with Crippen LogP contribution in [0.25, 0.3) is 0 Å². The van der Waals surface area contributed by atoms with Gasteiger partial charge >= 0.3 is 0 Å². The van der Waals surface area contributed by atoms with E-state index < -0.39 is 37.1 Å². The van der Waals surface area contributed by atoms with Gasteiger partial charge in [0.2, 0.25) is 6.79 Å². The molecule has 8 heteroatoms. The monoisotopic (exact) mass is 408 g/mol. The maximum absolute atomic E-state index is 10.4. The summed E-state index contributed by atoms with van der Waals surface area (Å²) in [7, 11) is 0. The highest BCUT2D eigenvalue weighted by molar-refractivity contribution is 6.31. The van der Waals surface area contributed by atoms with E-state index in [0.717, 1.165) is 11.1 Å². The van der Waals surface area contributed by atoms with Crippen LogP contribution in [0.3, 0.4) is 0 Å². The van der Waals surface area contributed by atoms with Gasteiger partial charge < -0.3 is 34.6 Å². The summed E-state index contributed by atoms with van der Waals surface area (Å²) < 4.78 is 16.4. The van der Waals surface area contributed by atoms with Gasteiger partial charge in [-0.05, 0) is 41.3 Å². The third kappa shape index (κ3) is 3.57. The molecule has 2 aromatic carbocycles. The SMILES string of the molecule is OC[C@@H](O)[C@H]1O[C@@H](c2ccc(Cl)c(Cc3ccc4c(c3)OCO4)c2)[C@H](O)[C@H]1O. The van der Waals surface area contributed by atoms with Crippen molar-refractivity contribution < 1.29 is 34.6 Å². The summed E-state index contributed by atoms with van der Waals surface area (Å²) >= 11 is 6.36. The van der Waals surface area contributed by atoms with Crippen molar-refractivity contribution >= 4 is 11.6 Å². The van der Waals surface area contributed by atoms with Crippen LogP contribution < -0.4 is 9.47 Å². The fourth-order valence-electron chi connectivity index (χ4n) is 3.58. The quantitative estimate of drug-likeness (QED) is 0.588. The Labute approximate surface area is 166 Å². The van der Waals surface area contributed by atoms with Crippen molar-refractivity contribution in [1.29, 1.82) is 0 Å². The highest BCUT2D eigenvalue weighted by atomic mass is 35.5. The maximum Gasteiger partial charge on any atom is 0.231 e. The normalized spacial score (nSPS) is 27.2. The minimum Gasteiger partial charge on any atom is -0.454 e. The zero-order valence-corrected chi connectivity index (χ0v) is 15.6. The van der Waals surface area contributed by atoms with E-state index in [1.807, 2.05) is 18.2 Å². The van der Waals surface area contributed by atoms with Gasteiger partial charge in [-0.15, -0.1) is 0 Å². The lowest BCUT2D eigenvalue weighted by atomic mass is 9.96. The molecule has 0 aliphatic carbocycles. The zero-order valence-electron chi connectivity index (χ0n) is 14.9. The molecule has 0 bridgehead atoms. The van der Waals surface area contributed by atoms with E-state index in [9.17, 15) is 15.3 Å². The number of aliphatic hydroxyl groups is 4. The number of benzene rings is 2. The van der Waals surface area contributed by atoms with Crippen LogP contribution >= 0.6 is 11.6 Å². The largest absolute Gasteiger partial charge is 0.454 e. The van der Waals surface area contributed by atoms with Crippen molar-refractivity contribution in [3.63, 3.8) is 0 Å². The molecule has 0 spiro atoms. The first kappa shape index (κ1) is 19.4. The Morgan fingerprint density at radius 3 is 2.61 bits per heavy atom. The smallest absolute Gasteiger partial charge is 0.231 e. The molecule has 7 nitrogen and oxygen atoms in total. The van der Waals surface area contributed by atoms with Crippen molar-refractivity contribution in [2.24, 2.45) is 0 Å². The lowest BCUT2D eigenvalue weighted by Gasteiger charge is -2.19. The second-order valence-corrected chi connectivity index (χ2v) is 7.37. The summed E-state index contributed by atoms with van der Waals surface area (Å²) in [5.41, 5.74) is 2.42. The van der Waals surface area contributed by atoms with Crippen molar-refractivity contribution in [1.82, 2.24) is 0 Å². The van der Waals surface area contributed by atoms with Crippen LogP contribution in [0.1, 0.15) is 22.8 Å². The molecule has 2 heterocycles. The molecular formula is C20H21ClO7. The Bertz CT molecular complexity index is 858. The number of hydrogen-bond donors (Lipinski definition) is 4. The van der Waals surface area contributed by atoms with Gasteiger partial charge in [0, 0.05) is 5.02 Å². The molecule has 1 fully saturated rings. The number of fused-ring (bicyclic) bond motifs is 1. The molecule has 0 radical (unpaired) electrons. The van der Waals surface area contributed by atoms with Crippen LogP contribution in [0, 0.1) is 0 Å². The summed E-state index contributed by atoms with van der Waals surface area (Å²) in [5, 5.41) is 39.9. The number of hydrogen-bond acceptors (Lipinski definition) is 7. The van der Waals surface area contributed by atoms with Crippen LogP contribution in [-0.2, 0) is 11.2 Å². The second kappa shape index (κ2) is 7.87. The third-order valence-electron chi connectivity index (χ3n) is 5.10. The first-order valence-electron chi connectivity index (χ1n) is 8.95. The molecule has 1 saturated heterocycles. The number of aliphatic hydroxyl groups excluding tert-OH is 4. The van der Waals surface area contributed by atoms with Crippen LogP contribution in [0.4, 0.5) is 0 Å². The Morgan fingerprint density at radius 2 is 1.82 bits per heavy atom. The van der Waals surface area contributed by atoms with Gasteiger partial charge in [0.25, 0.3) is 0 Å². The van der Waals surface area contributed by atoms with E-state index in [1.54, 1.807) is 18.2 Å². The highest BCUT2D eigenvalue weighted by Gasteiger charge is 2.46. The van der Waals surface area contributed by atoms with Crippen LogP contribution in [0.15, 0.2) is 36.4 Å². The number of ether oxygens (including phenoxy) is 3. The number of halogens is 1. The zero-order chi connectivity index (χ0) is 19.8. The lowest BCUT2D eigenvalue weighted by Crippen LogP contribution is -2.40. The molecule has 4 N–H and O–H groups in total. The highest BCUT2D eigenvalue weighted by Crippen LogP contribution is 2.37. The lowest BCUT2D eigenvalue weighted by molar-refractivity contribution is -0.0820. The summed E-state index contributed by atoms with van der Waals surface area (Å²) in [5.74, 6) is 1.39. The standard InChI is InChI=1S/C20H21ClO7/c21-13-3-2-11(19-17(24)18(25)20(28-19)14(23)8-22)7-12(13)5-10-1-4-15-16(6-10)27-9-26-15/h1-4,6-7,14,17-20,22-25H,5,8-9H2/t14-,17-,18-,19+,20-/m1/s1. The van der Waals surface area contributed by atoms with Gasteiger partial charge in [-0.25, -0.2) is 0 Å². The molecule has 28 heavy (non-hydrogen) atoms. The van der Waals surface area contributed by atoms with Gasteiger partial charge in [0.05, 0.1) is 6.61 Å². The molecule has 4 rings (SSSR count). The van der Waals surface area contributed by atoms with Crippen molar-refractivity contribution in [3.05, 3.63) is 58.1 Å². The average molecular weight is 409 g/mol. The molecule has 0 saturated carbocycles. The topological polar surface area (TPSA) is 109 Å². The summed E-state index contributed by atoms with van der Waals surface area (Å²) in [4.78, 5) is 0. The summed E-state index contributed by atoms with van der Waals surface area (Å²) in [6, 6.07) is 10.9. The van der Waals surface area contributed by atoms with Crippen LogP contribution in [-0.4, -0.2) is 58.2 Å². The predicted octanol–water partition coefficient (Wildman–Crippen LogP) is 1.17. The molecule has 2 aromatic rings. The van der Waals surface area contributed by atoms with Crippen molar-refractivity contribution in [2.45, 2.75) is 36.9 Å².